The van der Waals surface area contributed by atoms with Crippen molar-refractivity contribution in [1.82, 2.24) is 16.0 Å². The fourth-order valence-corrected chi connectivity index (χ4v) is 3.57. The molecule has 1 heterocycles. The third-order valence-corrected chi connectivity index (χ3v) is 5.95. The van der Waals surface area contributed by atoms with Crippen LogP contribution in [0.3, 0.4) is 0 Å². The number of ether oxygens (including phenoxy) is 2. The van der Waals surface area contributed by atoms with Crippen molar-refractivity contribution in [3.05, 3.63) is 83.8 Å². The van der Waals surface area contributed by atoms with E-state index in [1.54, 1.807) is 19.1 Å². The second kappa shape index (κ2) is 13.6. The Morgan fingerprint density at radius 1 is 1.22 bits per heavy atom. The van der Waals surface area contributed by atoms with Gasteiger partial charge in [-0.2, -0.15) is 0 Å². The molecule has 0 fully saturated rings. The monoisotopic (exact) mass is 497 g/mol. The van der Waals surface area contributed by atoms with Crippen molar-refractivity contribution in [2.45, 2.75) is 58.0 Å². The first-order chi connectivity index (χ1) is 17.1. The van der Waals surface area contributed by atoms with Gasteiger partial charge in [-0.3, -0.25) is 0 Å². The van der Waals surface area contributed by atoms with Crippen LogP contribution in [0.25, 0.3) is 5.70 Å². The van der Waals surface area contributed by atoms with E-state index in [1.807, 2.05) is 37.4 Å². The Morgan fingerprint density at radius 3 is 2.47 bits per heavy atom. The Balaban J connectivity index is 0.000000434. The molecule has 3 rings (SSSR count). The highest BCUT2D eigenvalue weighted by molar-refractivity contribution is 5.92. The fourth-order valence-electron chi connectivity index (χ4n) is 3.57. The summed E-state index contributed by atoms with van der Waals surface area (Å²) in [4.78, 5) is 11.9. The highest BCUT2D eigenvalue weighted by atomic mass is 16.5. The Kier molecular flexibility index (Phi) is 10.8. The Bertz CT molecular complexity index is 1040. The summed E-state index contributed by atoms with van der Waals surface area (Å²) in [6.07, 6.45) is 2.98. The number of aliphatic hydroxyl groups is 2. The van der Waals surface area contributed by atoms with Crippen molar-refractivity contribution in [3.63, 3.8) is 0 Å². The Labute approximate surface area is 214 Å². The van der Waals surface area contributed by atoms with Gasteiger partial charge in [0.25, 0.3) is 0 Å². The molecule has 3 atom stereocenters. The van der Waals surface area contributed by atoms with Gasteiger partial charge >= 0.3 is 5.97 Å². The summed E-state index contributed by atoms with van der Waals surface area (Å²) in [6, 6.07) is 15.9. The van der Waals surface area contributed by atoms with E-state index in [0.29, 0.717) is 24.3 Å². The van der Waals surface area contributed by atoms with Crippen molar-refractivity contribution < 1.29 is 24.5 Å². The molecule has 2 aromatic rings. The van der Waals surface area contributed by atoms with Crippen molar-refractivity contribution in [1.29, 1.82) is 0 Å². The molecule has 8 nitrogen and oxygen atoms in total. The lowest BCUT2D eigenvalue weighted by molar-refractivity contribution is 0.0462. The standard InChI is InChI=1S/C21H25N3O3.C7H14O2/c1-14(20-23-13-18(24-20)16-7-5-4-6-8-16)22-12-15-9-10-19(26-2)17(11-15)21(25)27-3;1-4-7(3,9)5-6(2)8/h4-11,13-14,20,22-24H,12H2,1-3H3;8-9H,2,4-5H2,1,3H3. The SMILES string of the molecule is C=C(O)CC(C)(O)CC.COC(=O)c1cc(CNC(C)C2NC=C(c3ccccc3)N2)ccc1OC. The van der Waals surface area contributed by atoms with E-state index in [-0.39, 0.29) is 24.4 Å². The molecule has 2 aromatic carbocycles. The van der Waals surface area contributed by atoms with Crippen molar-refractivity contribution in [3.8, 4) is 5.75 Å². The van der Waals surface area contributed by atoms with Crippen molar-refractivity contribution in [2.24, 2.45) is 0 Å². The van der Waals surface area contributed by atoms with Crippen LogP contribution >= 0.6 is 0 Å². The lowest BCUT2D eigenvalue weighted by Crippen LogP contribution is -2.48. The van der Waals surface area contributed by atoms with Gasteiger partial charge in [-0.1, -0.05) is 49.9 Å². The Morgan fingerprint density at radius 2 is 1.92 bits per heavy atom. The third-order valence-electron chi connectivity index (χ3n) is 5.95. The summed E-state index contributed by atoms with van der Waals surface area (Å²) in [6.45, 7) is 9.55. The predicted octanol–water partition coefficient (Wildman–Crippen LogP) is 4.09. The fraction of sp³-hybridized carbons (Fsp3) is 0.393. The van der Waals surface area contributed by atoms with Crippen LogP contribution in [0.2, 0.25) is 0 Å². The third kappa shape index (κ3) is 8.62. The number of hydrogen-bond donors (Lipinski definition) is 5. The molecule has 0 radical (unpaired) electrons. The van der Waals surface area contributed by atoms with Gasteiger partial charge < -0.3 is 35.6 Å². The quantitative estimate of drug-likeness (QED) is 0.247. The first-order valence-electron chi connectivity index (χ1n) is 12.0. The van der Waals surface area contributed by atoms with Crippen LogP contribution in [0.4, 0.5) is 0 Å². The van der Waals surface area contributed by atoms with Gasteiger partial charge in [0.1, 0.15) is 17.5 Å². The van der Waals surface area contributed by atoms with Gasteiger partial charge in [0.15, 0.2) is 0 Å². The number of methoxy groups -OCH3 is 2. The summed E-state index contributed by atoms with van der Waals surface area (Å²) < 4.78 is 10.1. The minimum absolute atomic E-state index is 0.0434. The Hall–Kier alpha value is -3.49. The molecule has 36 heavy (non-hydrogen) atoms. The lowest BCUT2D eigenvalue weighted by Gasteiger charge is -2.23. The van der Waals surface area contributed by atoms with E-state index < -0.39 is 11.6 Å². The highest BCUT2D eigenvalue weighted by Gasteiger charge is 2.22. The minimum atomic E-state index is -0.786. The van der Waals surface area contributed by atoms with Crippen LogP contribution in [0.15, 0.2) is 67.1 Å². The number of benzene rings is 2. The summed E-state index contributed by atoms with van der Waals surface area (Å²) in [5.41, 5.74) is 2.85. The van der Waals surface area contributed by atoms with Crippen LogP contribution in [0.5, 0.6) is 5.75 Å². The molecule has 8 heteroatoms. The topological polar surface area (TPSA) is 112 Å². The maximum atomic E-state index is 11.9. The van der Waals surface area contributed by atoms with Crippen LogP contribution in [-0.4, -0.2) is 48.2 Å². The second-order valence-electron chi connectivity index (χ2n) is 9.00. The molecule has 0 aromatic heterocycles. The zero-order chi connectivity index (χ0) is 26.7. The van der Waals surface area contributed by atoms with E-state index in [2.05, 4.69) is 41.6 Å². The van der Waals surface area contributed by atoms with E-state index in [1.165, 1.54) is 14.2 Å². The van der Waals surface area contributed by atoms with Crippen molar-refractivity contribution >= 4 is 11.7 Å². The molecule has 0 amide bonds. The molecular weight excluding hydrogens is 458 g/mol. The summed E-state index contributed by atoms with van der Waals surface area (Å²) in [5.74, 6) is 0.147. The molecule has 0 spiro atoms. The summed E-state index contributed by atoms with van der Waals surface area (Å²) in [7, 11) is 2.90. The summed E-state index contributed by atoms with van der Waals surface area (Å²) in [5, 5.41) is 28.3. The smallest absolute Gasteiger partial charge is 0.341 e. The molecular formula is C28H39N3O5. The summed E-state index contributed by atoms with van der Waals surface area (Å²) >= 11 is 0. The predicted molar refractivity (Wildman–Crippen MR) is 142 cm³/mol. The molecule has 0 saturated carbocycles. The molecule has 0 saturated heterocycles. The zero-order valence-corrected chi connectivity index (χ0v) is 21.8. The first-order valence-corrected chi connectivity index (χ1v) is 12.0. The average molecular weight is 498 g/mol. The maximum Gasteiger partial charge on any atom is 0.341 e. The van der Waals surface area contributed by atoms with E-state index >= 15 is 0 Å². The maximum absolute atomic E-state index is 11.9. The number of rotatable bonds is 10. The van der Waals surface area contributed by atoms with Gasteiger partial charge in [-0.05, 0) is 43.5 Å². The minimum Gasteiger partial charge on any atom is -0.513 e. The van der Waals surface area contributed by atoms with Crippen LogP contribution in [-0.2, 0) is 11.3 Å². The molecule has 196 valence electrons. The lowest BCUT2D eigenvalue weighted by atomic mass is 9.99. The molecule has 0 aliphatic carbocycles. The largest absolute Gasteiger partial charge is 0.513 e. The first kappa shape index (κ1) is 28.7. The zero-order valence-electron chi connectivity index (χ0n) is 21.8. The number of nitrogens with one attached hydrogen (secondary N) is 3. The highest BCUT2D eigenvalue weighted by Crippen LogP contribution is 2.21. The number of aliphatic hydroxyl groups excluding tert-OH is 1. The van der Waals surface area contributed by atoms with Crippen LogP contribution < -0.4 is 20.7 Å². The van der Waals surface area contributed by atoms with Gasteiger partial charge in [0.2, 0.25) is 0 Å². The van der Waals surface area contributed by atoms with Gasteiger partial charge in [0, 0.05) is 25.2 Å². The van der Waals surface area contributed by atoms with Gasteiger partial charge in [-0.15, -0.1) is 0 Å². The molecule has 0 bridgehead atoms. The number of hydrogen-bond acceptors (Lipinski definition) is 8. The number of carbonyl (C=O) groups excluding carboxylic acids is 1. The van der Waals surface area contributed by atoms with Crippen LogP contribution in [0.1, 0.15) is 55.1 Å². The number of esters is 1. The van der Waals surface area contributed by atoms with E-state index in [4.69, 9.17) is 14.6 Å². The van der Waals surface area contributed by atoms with Crippen molar-refractivity contribution in [2.75, 3.05) is 14.2 Å². The number of carbonyl (C=O) groups is 1. The molecule has 3 unspecified atom stereocenters. The average Bonchev–Trinajstić information content (AvgIpc) is 3.37. The molecule has 1 aliphatic rings. The normalized spacial score (nSPS) is 16.7. The van der Waals surface area contributed by atoms with E-state index in [9.17, 15) is 9.90 Å². The van der Waals surface area contributed by atoms with E-state index in [0.717, 1.165) is 16.8 Å². The van der Waals surface area contributed by atoms with Crippen LogP contribution in [0, 0.1) is 0 Å². The molecule has 1 aliphatic heterocycles. The second-order valence-corrected chi connectivity index (χ2v) is 9.00. The van der Waals surface area contributed by atoms with Gasteiger partial charge in [0.05, 0.1) is 31.3 Å². The van der Waals surface area contributed by atoms with Gasteiger partial charge in [-0.25, -0.2) is 4.79 Å². The molecule has 5 N–H and O–H groups in total.